The van der Waals surface area contributed by atoms with Gasteiger partial charge in [0.15, 0.2) is 5.76 Å². The molecule has 120 valence electrons. The molecular formula is C12H20ClN3O4S. The van der Waals surface area contributed by atoms with Crippen LogP contribution in [0.15, 0.2) is 21.6 Å². The zero-order chi connectivity index (χ0) is 14.8. The molecule has 0 saturated heterocycles. The van der Waals surface area contributed by atoms with Crippen molar-refractivity contribution in [3.8, 4) is 0 Å². The molecule has 1 aliphatic rings. The molecule has 1 heterocycles. The van der Waals surface area contributed by atoms with Crippen molar-refractivity contribution in [1.82, 2.24) is 10.0 Å². The van der Waals surface area contributed by atoms with E-state index in [4.69, 9.17) is 10.2 Å². The second-order valence-corrected chi connectivity index (χ2v) is 6.65. The van der Waals surface area contributed by atoms with Crippen LogP contribution in [0.25, 0.3) is 0 Å². The van der Waals surface area contributed by atoms with Crippen LogP contribution in [0.3, 0.4) is 0 Å². The van der Waals surface area contributed by atoms with Crippen molar-refractivity contribution < 1.29 is 17.6 Å². The van der Waals surface area contributed by atoms with Crippen molar-refractivity contribution in [1.29, 1.82) is 0 Å². The Morgan fingerprint density at radius 1 is 1.43 bits per heavy atom. The molecule has 9 heteroatoms. The highest BCUT2D eigenvalue weighted by atomic mass is 35.5. The first-order chi connectivity index (χ1) is 9.47. The monoisotopic (exact) mass is 337 g/mol. The third-order valence-electron chi connectivity index (χ3n) is 3.62. The molecule has 1 aliphatic carbocycles. The Balaban J connectivity index is 0.00000220. The molecule has 0 spiro atoms. The van der Waals surface area contributed by atoms with E-state index in [2.05, 4.69) is 10.0 Å². The van der Waals surface area contributed by atoms with Gasteiger partial charge in [0.2, 0.25) is 5.09 Å². The van der Waals surface area contributed by atoms with Gasteiger partial charge in [-0.2, -0.15) is 0 Å². The quantitative estimate of drug-likeness (QED) is 0.722. The number of rotatable bonds is 5. The van der Waals surface area contributed by atoms with Crippen LogP contribution in [0.4, 0.5) is 0 Å². The maximum Gasteiger partial charge on any atom is 0.287 e. The lowest BCUT2D eigenvalue weighted by Gasteiger charge is -2.18. The van der Waals surface area contributed by atoms with Crippen LogP contribution in [-0.2, 0) is 10.0 Å². The van der Waals surface area contributed by atoms with Crippen LogP contribution in [-0.4, -0.2) is 34.0 Å². The first kappa shape index (κ1) is 18.0. The molecule has 0 bridgehead atoms. The Labute approximate surface area is 130 Å². The van der Waals surface area contributed by atoms with Crippen molar-refractivity contribution in [2.75, 3.05) is 13.6 Å². The van der Waals surface area contributed by atoms with Gasteiger partial charge in [-0.05, 0) is 44.5 Å². The minimum Gasteiger partial charge on any atom is -0.438 e. The molecule has 1 aromatic heterocycles. The SMILES string of the molecule is CNS(=O)(=O)c1ccc(C(=O)NC2CCCC2CN)o1.Cl. The molecule has 2 atom stereocenters. The highest BCUT2D eigenvalue weighted by molar-refractivity contribution is 7.89. The van der Waals surface area contributed by atoms with Gasteiger partial charge < -0.3 is 15.5 Å². The fraction of sp³-hybridized carbons (Fsp3) is 0.583. The molecule has 1 amide bonds. The largest absolute Gasteiger partial charge is 0.438 e. The van der Waals surface area contributed by atoms with Crippen molar-refractivity contribution in [3.63, 3.8) is 0 Å². The van der Waals surface area contributed by atoms with Crippen LogP contribution in [0.2, 0.25) is 0 Å². The summed E-state index contributed by atoms with van der Waals surface area (Å²) >= 11 is 0. The standard InChI is InChI=1S/C12H19N3O4S.ClH/c1-14-20(17,18)11-6-5-10(19-11)12(16)15-9-4-2-3-8(9)7-13;/h5-6,8-9,14H,2-4,7,13H2,1H3,(H,15,16);1H. The van der Waals surface area contributed by atoms with E-state index in [1.807, 2.05) is 0 Å². The first-order valence-electron chi connectivity index (χ1n) is 6.52. The van der Waals surface area contributed by atoms with E-state index < -0.39 is 15.9 Å². The number of carbonyl (C=O) groups excluding carboxylic acids is 1. The van der Waals surface area contributed by atoms with Gasteiger partial charge in [0.1, 0.15) is 0 Å². The number of amides is 1. The maximum atomic E-state index is 12.0. The van der Waals surface area contributed by atoms with E-state index >= 15 is 0 Å². The van der Waals surface area contributed by atoms with Crippen LogP contribution in [0.5, 0.6) is 0 Å². The van der Waals surface area contributed by atoms with E-state index in [9.17, 15) is 13.2 Å². The molecule has 2 rings (SSSR count). The summed E-state index contributed by atoms with van der Waals surface area (Å²) in [6.45, 7) is 0.530. The smallest absolute Gasteiger partial charge is 0.287 e. The van der Waals surface area contributed by atoms with Crippen molar-refractivity contribution in [3.05, 3.63) is 17.9 Å². The Morgan fingerprint density at radius 3 is 2.76 bits per heavy atom. The average molecular weight is 338 g/mol. The third-order valence-corrected chi connectivity index (χ3v) is 4.90. The highest BCUT2D eigenvalue weighted by Crippen LogP contribution is 2.25. The lowest BCUT2D eigenvalue weighted by Crippen LogP contribution is -2.39. The van der Waals surface area contributed by atoms with Crippen LogP contribution in [0.1, 0.15) is 29.8 Å². The predicted molar refractivity (Wildman–Crippen MR) is 79.9 cm³/mol. The second-order valence-electron chi connectivity index (χ2n) is 4.83. The zero-order valence-corrected chi connectivity index (χ0v) is 13.3. The van der Waals surface area contributed by atoms with Gasteiger partial charge in [0, 0.05) is 6.04 Å². The fourth-order valence-corrected chi connectivity index (χ4v) is 3.08. The molecule has 21 heavy (non-hydrogen) atoms. The Morgan fingerprint density at radius 2 is 2.14 bits per heavy atom. The van der Waals surface area contributed by atoms with Crippen molar-refractivity contribution in [2.45, 2.75) is 30.4 Å². The molecule has 1 fully saturated rings. The number of sulfonamides is 1. The molecule has 1 saturated carbocycles. The van der Waals surface area contributed by atoms with E-state index in [-0.39, 0.29) is 35.2 Å². The molecular weight excluding hydrogens is 318 g/mol. The minimum absolute atomic E-state index is 0. The number of carbonyl (C=O) groups is 1. The third kappa shape index (κ3) is 3.97. The number of nitrogens with one attached hydrogen (secondary N) is 2. The number of hydrogen-bond acceptors (Lipinski definition) is 5. The molecule has 0 aromatic carbocycles. The fourth-order valence-electron chi connectivity index (χ4n) is 2.44. The van der Waals surface area contributed by atoms with Crippen molar-refractivity contribution in [2.24, 2.45) is 11.7 Å². The highest BCUT2D eigenvalue weighted by Gasteiger charge is 2.29. The summed E-state index contributed by atoms with van der Waals surface area (Å²) in [5.74, 6) is -0.149. The summed E-state index contributed by atoms with van der Waals surface area (Å²) in [7, 11) is -2.39. The van der Waals surface area contributed by atoms with Gasteiger partial charge in [-0.1, -0.05) is 6.42 Å². The van der Waals surface area contributed by atoms with E-state index in [1.54, 1.807) is 0 Å². The summed E-state index contributed by atoms with van der Waals surface area (Å²) in [5, 5.41) is 2.58. The number of hydrogen-bond donors (Lipinski definition) is 3. The number of furan rings is 1. The summed E-state index contributed by atoms with van der Waals surface area (Å²) in [4.78, 5) is 12.0. The van der Waals surface area contributed by atoms with E-state index in [0.717, 1.165) is 19.3 Å². The van der Waals surface area contributed by atoms with Crippen LogP contribution >= 0.6 is 12.4 Å². The molecule has 1 aromatic rings. The Kier molecular flexibility index (Phi) is 6.21. The Bertz CT molecular complexity index is 587. The molecule has 7 nitrogen and oxygen atoms in total. The normalized spacial score (nSPS) is 21.8. The minimum atomic E-state index is -3.67. The van der Waals surface area contributed by atoms with Gasteiger partial charge >= 0.3 is 0 Å². The van der Waals surface area contributed by atoms with Gasteiger partial charge in [-0.15, -0.1) is 12.4 Å². The molecule has 0 radical (unpaired) electrons. The van der Waals surface area contributed by atoms with E-state index in [0.29, 0.717) is 6.54 Å². The predicted octanol–water partition coefficient (Wildman–Crippen LogP) is 0.467. The summed E-state index contributed by atoms with van der Waals surface area (Å²) in [6.07, 6.45) is 2.92. The molecule has 2 unspecified atom stereocenters. The topological polar surface area (TPSA) is 114 Å². The molecule has 0 aliphatic heterocycles. The zero-order valence-electron chi connectivity index (χ0n) is 11.7. The number of nitrogens with two attached hydrogens (primary N) is 1. The Hall–Kier alpha value is -1.09. The first-order valence-corrected chi connectivity index (χ1v) is 8.00. The number of halogens is 1. The van der Waals surface area contributed by atoms with Crippen molar-refractivity contribution >= 4 is 28.3 Å². The van der Waals surface area contributed by atoms with Gasteiger partial charge in [-0.25, -0.2) is 13.1 Å². The summed E-state index contributed by atoms with van der Waals surface area (Å²) in [6, 6.07) is 2.64. The van der Waals surface area contributed by atoms with Gasteiger partial charge in [0.25, 0.3) is 15.9 Å². The van der Waals surface area contributed by atoms with Gasteiger partial charge in [-0.3, -0.25) is 4.79 Å². The molecule has 4 N–H and O–H groups in total. The summed E-state index contributed by atoms with van der Waals surface area (Å²) < 4.78 is 30.3. The lowest BCUT2D eigenvalue weighted by atomic mass is 10.0. The van der Waals surface area contributed by atoms with Crippen LogP contribution < -0.4 is 15.8 Å². The average Bonchev–Trinajstić information content (AvgIpc) is 3.07. The van der Waals surface area contributed by atoms with E-state index in [1.165, 1.54) is 19.2 Å². The second kappa shape index (κ2) is 7.26. The van der Waals surface area contributed by atoms with Crippen LogP contribution in [0, 0.1) is 5.92 Å². The van der Waals surface area contributed by atoms with Gasteiger partial charge in [0.05, 0.1) is 0 Å². The lowest BCUT2D eigenvalue weighted by molar-refractivity contribution is 0.0895. The maximum absolute atomic E-state index is 12.0. The summed E-state index contributed by atoms with van der Waals surface area (Å²) in [5.41, 5.74) is 5.66.